The summed E-state index contributed by atoms with van der Waals surface area (Å²) in [7, 11) is 0. The molecule has 0 saturated heterocycles. The normalized spacial score (nSPS) is 10.9. The topological polar surface area (TPSA) is 130 Å². The van der Waals surface area contributed by atoms with Gasteiger partial charge in [-0.2, -0.15) is 19.2 Å². The van der Waals surface area contributed by atoms with Gasteiger partial charge in [-0.25, -0.2) is 0 Å². The van der Waals surface area contributed by atoms with Crippen LogP contribution in [0.5, 0.6) is 11.6 Å². The van der Waals surface area contributed by atoms with Crippen LogP contribution in [0.4, 0.5) is 5.00 Å². The third-order valence-corrected chi connectivity index (χ3v) is 6.29. The largest absolute Gasteiger partial charge is 0.492 e. The van der Waals surface area contributed by atoms with Crippen LogP contribution >= 0.6 is 11.5 Å². The summed E-state index contributed by atoms with van der Waals surface area (Å²) in [6, 6.07) is 23.7. The van der Waals surface area contributed by atoms with Crippen LogP contribution in [-0.4, -0.2) is 55.7 Å². The van der Waals surface area contributed by atoms with E-state index in [-0.39, 0.29) is 11.4 Å². The van der Waals surface area contributed by atoms with Crippen LogP contribution in [0, 0.1) is 11.3 Å². The lowest BCUT2D eigenvalue weighted by Gasteiger charge is -2.09. The van der Waals surface area contributed by atoms with Gasteiger partial charge >= 0.3 is 0 Å². The highest BCUT2D eigenvalue weighted by Gasteiger charge is 2.12. The van der Waals surface area contributed by atoms with E-state index in [0.717, 1.165) is 39.9 Å². The van der Waals surface area contributed by atoms with Crippen molar-refractivity contribution in [3.05, 3.63) is 83.7 Å². The van der Waals surface area contributed by atoms with Gasteiger partial charge in [0.25, 0.3) is 0 Å². The Balaban J connectivity index is 1.08. The van der Waals surface area contributed by atoms with Gasteiger partial charge in [-0.15, -0.1) is 10.2 Å². The predicted molar refractivity (Wildman–Crippen MR) is 139 cm³/mol. The first-order valence-electron chi connectivity index (χ1n) is 11.6. The summed E-state index contributed by atoms with van der Waals surface area (Å²) in [5.74, 6) is 1.26. The molecular weight excluding hydrogens is 490 g/mol. The molecule has 0 spiro atoms. The molecule has 3 aromatic heterocycles. The smallest absolute Gasteiger partial charge is 0.243 e. The number of rotatable bonds is 11. The molecule has 0 unspecified atom stereocenters. The van der Waals surface area contributed by atoms with Gasteiger partial charge in [0.05, 0.1) is 18.9 Å². The lowest BCUT2D eigenvalue weighted by atomic mass is 10.1. The van der Waals surface area contributed by atoms with Gasteiger partial charge in [0.15, 0.2) is 11.5 Å². The standard InChI is InChI=1S/C26H23N7O3S/c27-17-21-25(34)32-37-26(21)28-12-13-35-14-15-36-20-8-6-18(7-9-20)16-24-30-29-23-11-10-22(31-33(23)24)19-4-2-1-3-5-19/h1-11,28H,12-16H2,(H,32,34). The van der Waals surface area contributed by atoms with E-state index in [2.05, 4.69) is 19.9 Å². The Hall–Kier alpha value is -4.53. The van der Waals surface area contributed by atoms with Crippen LogP contribution < -0.4 is 10.1 Å². The molecule has 3 heterocycles. The summed E-state index contributed by atoms with van der Waals surface area (Å²) in [6.45, 7) is 1.75. The molecule has 0 radical (unpaired) electrons. The third kappa shape index (κ3) is 5.83. The van der Waals surface area contributed by atoms with Gasteiger partial charge in [0.1, 0.15) is 29.0 Å². The number of nitrogens with one attached hydrogen (secondary N) is 1. The Bertz CT molecular complexity index is 1510. The zero-order valence-electron chi connectivity index (χ0n) is 19.7. The number of nitriles is 1. The van der Waals surface area contributed by atoms with E-state index in [9.17, 15) is 5.11 Å². The van der Waals surface area contributed by atoms with E-state index in [1.807, 2.05) is 72.8 Å². The van der Waals surface area contributed by atoms with Crippen molar-refractivity contribution in [1.29, 1.82) is 5.26 Å². The first-order chi connectivity index (χ1) is 18.2. The summed E-state index contributed by atoms with van der Waals surface area (Å²) in [4.78, 5) is 0. The van der Waals surface area contributed by atoms with Crippen LogP contribution in [0.1, 0.15) is 17.0 Å². The molecule has 0 amide bonds. The number of hydrogen-bond donors (Lipinski definition) is 2. The minimum Gasteiger partial charge on any atom is -0.492 e. The summed E-state index contributed by atoms with van der Waals surface area (Å²) in [5.41, 5.74) is 3.84. The van der Waals surface area contributed by atoms with Crippen LogP contribution in [-0.2, 0) is 11.2 Å². The van der Waals surface area contributed by atoms with Gasteiger partial charge in [0.2, 0.25) is 5.88 Å². The zero-order valence-corrected chi connectivity index (χ0v) is 20.6. The number of nitrogens with zero attached hydrogens (tertiary/aromatic N) is 6. The fourth-order valence-corrected chi connectivity index (χ4v) is 4.32. The molecule has 186 valence electrons. The van der Waals surface area contributed by atoms with E-state index >= 15 is 0 Å². The molecule has 0 aliphatic heterocycles. The monoisotopic (exact) mass is 513 g/mol. The molecule has 5 aromatic rings. The lowest BCUT2D eigenvalue weighted by Crippen LogP contribution is -2.13. The molecule has 37 heavy (non-hydrogen) atoms. The second-order valence-electron chi connectivity index (χ2n) is 8.00. The Morgan fingerprint density at radius 2 is 1.81 bits per heavy atom. The predicted octanol–water partition coefficient (Wildman–Crippen LogP) is 3.92. The highest BCUT2D eigenvalue weighted by molar-refractivity contribution is 7.10. The summed E-state index contributed by atoms with van der Waals surface area (Å²) < 4.78 is 16.9. The molecule has 10 nitrogen and oxygen atoms in total. The van der Waals surface area contributed by atoms with Gasteiger partial charge < -0.3 is 19.9 Å². The summed E-state index contributed by atoms with van der Waals surface area (Å²) in [5, 5.41) is 35.3. The maximum atomic E-state index is 9.46. The SMILES string of the molecule is N#Cc1c(O)nsc1NCCOCCOc1ccc(Cc2nnc3ccc(-c4ccccc4)nn23)cc1. The second-order valence-corrected chi connectivity index (χ2v) is 8.77. The Kier molecular flexibility index (Phi) is 7.50. The van der Waals surface area contributed by atoms with Crippen molar-refractivity contribution < 1.29 is 14.6 Å². The number of ether oxygens (including phenoxy) is 2. The van der Waals surface area contributed by atoms with Crippen molar-refractivity contribution in [2.75, 3.05) is 31.7 Å². The van der Waals surface area contributed by atoms with Crippen molar-refractivity contribution in [3.63, 3.8) is 0 Å². The quantitative estimate of drug-likeness (QED) is 0.252. The number of anilines is 1. The summed E-state index contributed by atoms with van der Waals surface area (Å²) >= 11 is 1.04. The minimum atomic E-state index is -0.251. The molecule has 11 heteroatoms. The van der Waals surface area contributed by atoms with Crippen LogP contribution in [0.3, 0.4) is 0 Å². The molecule has 2 N–H and O–H groups in total. The number of aromatic nitrogens is 5. The molecule has 0 atom stereocenters. The Morgan fingerprint density at radius 3 is 2.62 bits per heavy atom. The van der Waals surface area contributed by atoms with Gasteiger partial charge in [-0.3, -0.25) is 0 Å². The van der Waals surface area contributed by atoms with Crippen molar-refractivity contribution in [1.82, 2.24) is 24.2 Å². The molecule has 0 bridgehead atoms. The summed E-state index contributed by atoms with van der Waals surface area (Å²) in [6.07, 6.45) is 0.591. The number of benzene rings is 2. The van der Waals surface area contributed by atoms with E-state index in [0.29, 0.717) is 43.4 Å². The average molecular weight is 514 g/mol. The molecule has 0 aliphatic rings. The van der Waals surface area contributed by atoms with Gasteiger partial charge in [-0.1, -0.05) is 42.5 Å². The van der Waals surface area contributed by atoms with E-state index in [1.165, 1.54) is 0 Å². The highest BCUT2D eigenvalue weighted by Crippen LogP contribution is 2.28. The van der Waals surface area contributed by atoms with Crippen LogP contribution in [0.2, 0.25) is 0 Å². The van der Waals surface area contributed by atoms with Crippen molar-refractivity contribution in [2.24, 2.45) is 0 Å². The molecule has 2 aromatic carbocycles. The molecular formula is C26H23N7O3S. The maximum Gasteiger partial charge on any atom is 0.243 e. The fourth-order valence-electron chi connectivity index (χ4n) is 3.65. The first kappa shape index (κ1) is 24.2. The fraction of sp³-hybridized carbons (Fsp3) is 0.192. The lowest BCUT2D eigenvalue weighted by molar-refractivity contribution is 0.107. The van der Waals surface area contributed by atoms with Crippen LogP contribution in [0.15, 0.2) is 66.7 Å². The van der Waals surface area contributed by atoms with Crippen molar-refractivity contribution in [3.8, 4) is 29.0 Å². The van der Waals surface area contributed by atoms with Crippen LogP contribution in [0.25, 0.3) is 16.9 Å². The number of aromatic hydroxyl groups is 1. The molecule has 0 saturated carbocycles. The molecule has 0 aliphatic carbocycles. The van der Waals surface area contributed by atoms with Crippen molar-refractivity contribution >= 4 is 22.2 Å². The zero-order chi connectivity index (χ0) is 25.5. The second kappa shape index (κ2) is 11.5. The van der Waals surface area contributed by atoms with E-state index in [4.69, 9.17) is 19.8 Å². The third-order valence-electron chi connectivity index (χ3n) is 5.50. The minimum absolute atomic E-state index is 0.155. The molecule has 0 fully saturated rings. The van der Waals surface area contributed by atoms with E-state index < -0.39 is 0 Å². The van der Waals surface area contributed by atoms with Gasteiger partial charge in [0, 0.05) is 18.5 Å². The number of fused-ring (bicyclic) bond motifs is 1. The maximum absolute atomic E-state index is 9.46. The van der Waals surface area contributed by atoms with Crippen molar-refractivity contribution in [2.45, 2.75) is 6.42 Å². The Morgan fingerprint density at radius 1 is 0.973 bits per heavy atom. The Labute approximate surface area is 216 Å². The highest BCUT2D eigenvalue weighted by atomic mass is 32.1. The van der Waals surface area contributed by atoms with E-state index in [1.54, 1.807) is 4.52 Å². The van der Waals surface area contributed by atoms with Gasteiger partial charge in [-0.05, 0) is 41.4 Å². The average Bonchev–Trinajstić information content (AvgIpc) is 3.51. The first-order valence-corrected chi connectivity index (χ1v) is 12.4. The number of hydrogen-bond acceptors (Lipinski definition) is 10. The molecule has 5 rings (SSSR count).